The van der Waals surface area contributed by atoms with Gasteiger partial charge in [-0.2, -0.15) is 0 Å². The molecule has 2 N–H and O–H groups in total. The van der Waals surface area contributed by atoms with Gasteiger partial charge < -0.3 is 24.8 Å². The summed E-state index contributed by atoms with van der Waals surface area (Å²) in [6.45, 7) is 3.65. The first-order valence-electron chi connectivity index (χ1n) is 12.8. The molecular weight excluding hydrogens is 546 g/mol. The summed E-state index contributed by atoms with van der Waals surface area (Å²) in [7, 11) is 1.36. The zero-order chi connectivity index (χ0) is 28.4. The normalized spacial score (nSPS) is 16.6. The maximum Gasteiger partial charge on any atom is 0.337 e. The number of carbonyl (C=O) groups is 2. The lowest BCUT2D eigenvalue weighted by molar-refractivity contribution is -0.118. The molecule has 0 radical (unpaired) electrons. The number of amides is 1. The number of nitrogens with zero attached hydrogens (tertiary/aromatic N) is 3. The van der Waals surface area contributed by atoms with Crippen molar-refractivity contribution in [3.05, 3.63) is 107 Å². The van der Waals surface area contributed by atoms with Crippen molar-refractivity contribution >= 4 is 52.2 Å². The number of aromatic nitrogens is 2. The number of ether oxygens (including phenoxy) is 1. The lowest BCUT2D eigenvalue weighted by Crippen LogP contribution is -2.30. The second-order valence-electron chi connectivity index (χ2n) is 9.65. The van der Waals surface area contributed by atoms with Gasteiger partial charge in [0.05, 0.1) is 35.1 Å². The van der Waals surface area contributed by atoms with Crippen LogP contribution < -0.4 is 15.5 Å². The summed E-state index contributed by atoms with van der Waals surface area (Å²) in [5.41, 5.74) is 4.26. The van der Waals surface area contributed by atoms with Crippen LogP contribution in [-0.4, -0.2) is 33.6 Å². The van der Waals surface area contributed by atoms with E-state index in [4.69, 9.17) is 28.6 Å². The summed E-state index contributed by atoms with van der Waals surface area (Å²) in [5.74, 6) is -0.709. The Labute approximate surface area is 242 Å². The molecule has 10 heteroatoms. The van der Waals surface area contributed by atoms with Crippen LogP contribution in [0.1, 0.15) is 47.7 Å². The zero-order valence-electron chi connectivity index (χ0n) is 22.2. The number of hydrogen-bond donors (Lipinski definition) is 2. The minimum atomic E-state index is -0.411. The number of carbonyl (C=O) groups excluding carboxylic acids is 2. The van der Waals surface area contributed by atoms with Crippen LogP contribution in [0.2, 0.25) is 5.02 Å². The maximum atomic E-state index is 12.3. The molecule has 8 nitrogen and oxygen atoms in total. The lowest BCUT2D eigenvalue weighted by Gasteiger charge is -2.29. The van der Waals surface area contributed by atoms with Crippen molar-refractivity contribution in [1.82, 2.24) is 14.9 Å². The first kappa shape index (κ1) is 27.4. The number of benzene rings is 2. The molecule has 0 unspecified atom stereocenters. The number of anilines is 2. The largest absolute Gasteiger partial charge is 0.465 e. The summed E-state index contributed by atoms with van der Waals surface area (Å²) in [4.78, 5) is 31.1. The van der Waals surface area contributed by atoms with Gasteiger partial charge in [-0.3, -0.25) is 9.78 Å². The molecule has 1 saturated heterocycles. The fourth-order valence-electron chi connectivity index (χ4n) is 4.74. The maximum absolute atomic E-state index is 12.3. The van der Waals surface area contributed by atoms with Gasteiger partial charge in [0.25, 0.3) is 0 Å². The number of hydrogen-bond acceptors (Lipinski definition) is 5. The number of thiocarbonyl (C=S) groups is 1. The molecule has 1 amide bonds. The van der Waals surface area contributed by atoms with Crippen LogP contribution in [-0.2, 0) is 9.53 Å². The molecule has 1 fully saturated rings. The summed E-state index contributed by atoms with van der Waals surface area (Å²) in [5, 5.41) is 7.23. The molecule has 0 bridgehead atoms. The fourth-order valence-corrected chi connectivity index (χ4v) is 5.30. The quantitative estimate of drug-likeness (QED) is 0.204. The van der Waals surface area contributed by atoms with Crippen molar-refractivity contribution in [3.63, 3.8) is 0 Å². The van der Waals surface area contributed by atoms with Crippen LogP contribution in [0.4, 0.5) is 11.4 Å². The van der Waals surface area contributed by atoms with E-state index in [1.165, 1.54) is 7.11 Å². The molecule has 3 heterocycles. The van der Waals surface area contributed by atoms with Crippen molar-refractivity contribution in [2.24, 2.45) is 5.92 Å². The summed E-state index contributed by atoms with van der Waals surface area (Å²) in [6, 6.07) is 21.8. The SMILES string of the molecule is COC(=O)c1cccc(-n2cccc2[C@@H]2[C@H](c3ccccn3)NC(=S)N2c2ccc(NC(=O)C(C)C)c(Cl)c2)c1. The molecule has 2 atom stereocenters. The highest BCUT2D eigenvalue weighted by atomic mass is 35.5. The van der Waals surface area contributed by atoms with Crippen molar-refractivity contribution in [2.75, 3.05) is 17.3 Å². The minimum absolute atomic E-state index is 0.117. The van der Waals surface area contributed by atoms with Crippen LogP contribution in [0.3, 0.4) is 0 Å². The Morgan fingerprint density at radius 1 is 1.05 bits per heavy atom. The van der Waals surface area contributed by atoms with Gasteiger partial charge in [-0.15, -0.1) is 0 Å². The molecule has 4 aromatic rings. The Bertz CT molecular complexity index is 1570. The van der Waals surface area contributed by atoms with E-state index in [2.05, 4.69) is 15.6 Å². The Kier molecular flexibility index (Phi) is 7.86. The highest BCUT2D eigenvalue weighted by Gasteiger charge is 2.42. The van der Waals surface area contributed by atoms with E-state index < -0.39 is 5.97 Å². The Balaban J connectivity index is 1.60. The van der Waals surface area contributed by atoms with E-state index in [1.54, 1.807) is 30.5 Å². The molecule has 2 aromatic heterocycles. The third-order valence-corrected chi connectivity index (χ3v) is 7.37. The van der Waals surface area contributed by atoms with Gasteiger partial charge in [-0.05, 0) is 72.9 Å². The first-order chi connectivity index (χ1) is 19.3. The second-order valence-corrected chi connectivity index (χ2v) is 10.4. The predicted octanol–water partition coefficient (Wildman–Crippen LogP) is 6.08. The van der Waals surface area contributed by atoms with Gasteiger partial charge >= 0.3 is 5.97 Å². The number of halogens is 1. The third kappa shape index (κ3) is 5.30. The van der Waals surface area contributed by atoms with Crippen LogP contribution >= 0.6 is 23.8 Å². The number of methoxy groups -OCH3 is 1. The first-order valence-corrected chi connectivity index (χ1v) is 13.5. The number of pyridine rings is 1. The topological polar surface area (TPSA) is 88.5 Å². The molecule has 0 aliphatic carbocycles. The third-order valence-electron chi connectivity index (χ3n) is 6.74. The molecule has 0 spiro atoms. The van der Waals surface area contributed by atoms with Gasteiger partial charge in [0, 0.05) is 35.4 Å². The highest BCUT2D eigenvalue weighted by Crippen LogP contribution is 2.43. The monoisotopic (exact) mass is 573 g/mol. The van der Waals surface area contributed by atoms with Crippen molar-refractivity contribution in [3.8, 4) is 5.69 Å². The highest BCUT2D eigenvalue weighted by molar-refractivity contribution is 7.80. The zero-order valence-corrected chi connectivity index (χ0v) is 23.7. The van der Waals surface area contributed by atoms with Crippen molar-refractivity contribution in [2.45, 2.75) is 25.9 Å². The summed E-state index contributed by atoms with van der Waals surface area (Å²) in [6.07, 6.45) is 3.69. The van der Waals surface area contributed by atoms with Gasteiger partial charge in [0.2, 0.25) is 5.91 Å². The van der Waals surface area contributed by atoms with E-state index in [9.17, 15) is 9.59 Å². The van der Waals surface area contributed by atoms with Gasteiger partial charge in [0.1, 0.15) is 6.04 Å². The number of esters is 1. The van der Waals surface area contributed by atoms with Crippen LogP contribution in [0.25, 0.3) is 5.69 Å². The van der Waals surface area contributed by atoms with Crippen LogP contribution in [0.5, 0.6) is 0 Å². The van der Waals surface area contributed by atoms with E-state index >= 15 is 0 Å². The Hall–Kier alpha value is -4.21. The van der Waals surface area contributed by atoms with E-state index in [0.29, 0.717) is 21.4 Å². The summed E-state index contributed by atoms with van der Waals surface area (Å²) < 4.78 is 6.95. The fraction of sp³-hybridized carbons (Fsp3) is 0.200. The standard InChI is InChI=1S/C30H28ClN5O3S/c1-18(2)28(37)33-23-13-12-21(17-22(23)31)36-27(26(34-30(36)40)24-10-4-5-14-32-24)25-11-7-15-35(25)20-9-6-8-19(16-20)29(38)39-3/h4-18,26-27H,1-3H3,(H,33,37)(H,34,40)/t26-,27+/m0/s1. The van der Waals surface area contributed by atoms with Crippen LogP contribution in [0.15, 0.2) is 85.2 Å². The smallest absolute Gasteiger partial charge is 0.337 e. The van der Waals surface area contributed by atoms with Gasteiger partial charge in [-0.1, -0.05) is 37.6 Å². The van der Waals surface area contributed by atoms with Gasteiger partial charge in [-0.25, -0.2) is 4.79 Å². The van der Waals surface area contributed by atoms with Crippen molar-refractivity contribution in [1.29, 1.82) is 0 Å². The Morgan fingerprint density at radius 2 is 1.88 bits per heavy atom. The van der Waals surface area contributed by atoms with E-state index in [-0.39, 0.29) is 23.9 Å². The second kappa shape index (κ2) is 11.5. The number of rotatable bonds is 7. The molecule has 40 heavy (non-hydrogen) atoms. The molecule has 1 aliphatic heterocycles. The molecule has 0 saturated carbocycles. The van der Waals surface area contributed by atoms with E-state index in [1.807, 2.05) is 78.0 Å². The van der Waals surface area contributed by atoms with Crippen LogP contribution in [0, 0.1) is 5.92 Å². The summed E-state index contributed by atoms with van der Waals surface area (Å²) >= 11 is 12.5. The molecular formula is C30H28ClN5O3S. The van der Waals surface area contributed by atoms with Crippen molar-refractivity contribution < 1.29 is 14.3 Å². The number of nitrogens with one attached hydrogen (secondary N) is 2. The molecule has 2 aromatic carbocycles. The lowest BCUT2D eigenvalue weighted by atomic mass is 10.0. The Morgan fingerprint density at radius 3 is 2.58 bits per heavy atom. The molecule has 1 aliphatic rings. The average Bonchev–Trinajstić information content (AvgIpc) is 3.58. The molecule has 5 rings (SSSR count). The average molecular weight is 574 g/mol. The van der Waals surface area contributed by atoms with E-state index in [0.717, 1.165) is 22.8 Å². The minimum Gasteiger partial charge on any atom is -0.465 e. The predicted molar refractivity (Wildman–Crippen MR) is 160 cm³/mol. The van der Waals surface area contributed by atoms with Gasteiger partial charge in [0.15, 0.2) is 5.11 Å². The molecule has 204 valence electrons.